The summed E-state index contributed by atoms with van der Waals surface area (Å²) in [6.07, 6.45) is -3.34. The van der Waals surface area contributed by atoms with Crippen LogP contribution in [0.2, 0.25) is 0 Å². The molecule has 0 atom stereocenters. The third-order valence-electron chi connectivity index (χ3n) is 4.06. The van der Waals surface area contributed by atoms with Gasteiger partial charge < -0.3 is 14.2 Å². The summed E-state index contributed by atoms with van der Waals surface area (Å²) in [6.45, 7) is 0. The Labute approximate surface area is 178 Å². The van der Waals surface area contributed by atoms with Crippen molar-refractivity contribution in [2.45, 2.75) is 6.18 Å². The van der Waals surface area contributed by atoms with E-state index in [0.29, 0.717) is 11.6 Å². The van der Waals surface area contributed by atoms with Gasteiger partial charge in [0, 0.05) is 0 Å². The number of carbonyl (C=O) groups is 3. The van der Waals surface area contributed by atoms with Crippen molar-refractivity contribution in [3.05, 3.63) is 58.0 Å². The van der Waals surface area contributed by atoms with Crippen LogP contribution in [0.15, 0.2) is 41.3 Å². The number of thioether (sulfide) groups is 1. The zero-order valence-corrected chi connectivity index (χ0v) is 16.8. The average molecular weight is 453 g/mol. The van der Waals surface area contributed by atoms with E-state index in [1.807, 2.05) is 0 Å². The number of methoxy groups -OCH3 is 2. The van der Waals surface area contributed by atoms with Gasteiger partial charge in [0.15, 0.2) is 11.5 Å². The van der Waals surface area contributed by atoms with Gasteiger partial charge in [-0.05, 0) is 53.7 Å². The topological polar surface area (TPSA) is 90.9 Å². The van der Waals surface area contributed by atoms with Gasteiger partial charge in [-0.3, -0.25) is 14.9 Å². The summed E-state index contributed by atoms with van der Waals surface area (Å²) in [4.78, 5) is 34.7. The zero-order chi connectivity index (χ0) is 22.8. The number of esters is 1. The maximum Gasteiger partial charge on any atom is 0.417 e. The van der Waals surface area contributed by atoms with Crippen LogP contribution in [0.25, 0.3) is 6.08 Å². The van der Waals surface area contributed by atoms with E-state index in [0.717, 1.165) is 24.9 Å². The van der Waals surface area contributed by atoms with Gasteiger partial charge in [-0.15, -0.1) is 0 Å². The minimum atomic E-state index is -4.81. The maximum atomic E-state index is 13.4. The highest BCUT2D eigenvalue weighted by molar-refractivity contribution is 8.18. The van der Waals surface area contributed by atoms with Crippen LogP contribution in [0.4, 0.5) is 18.0 Å². The Balaban J connectivity index is 1.92. The number of hydrogen-bond acceptors (Lipinski definition) is 7. The quantitative estimate of drug-likeness (QED) is 0.522. The Kier molecular flexibility index (Phi) is 6.25. The number of hydrogen-bond donors (Lipinski definition) is 1. The van der Waals surface area contributed by atoms with Crippen molar-refractivity contribution in [3.8, 4) is 17.2 Å². The molecule has 1 aliphatic heterocycles. The van der Waals surface area contributed by atoms with E-state index in [1.54, 1.807) is 0 Å². The van der Waals surface area contributed by atoms with Crippen molar-refractivity contribution >= 4 is 35.0 Å². The highest BCUT2D eigenvalue weighted by atomic mass is 32.2. The van der Waals surface area contributed by atoms with Crippen molar-refractivity contribution < 1.29 is 41.8 Å². The van der Waals surface area contributed by atoms with Crippen molar-refractivity contribution in [2.75, 3.05) is 14.2 Å². The first kappa shape index (κ1) is 22.2. The summed E-state index contributed by atoms with van der Waals surface area (Å²) in [5.74, 6) is -1.56. The molecular formula is C20H14F3NO6S. The second kappa shape index (κ2) is 8.72. The molecule has 2 amide bonds. The Hall–Kier alpha value is -3.47. The van der Waals surface area contributed by atoms with Crippen LogP contribution in [0.5, 0.6) is 17.2 Å². The lowest BCUT2D eigenvalue weighted by molar-refractivity contribution is -0.138. The van der Waals surface area contributed by atoms with Crippen molar-refractivity contribution in [1.29, 1.82) is 0 Å². The van der Waals surface area contributed by atoms with E-state index < -0.39 is 34.4 Å². The van der Waals surface area contributed by atoms with Gasteiger partial charge in [-0.1, -0.05) is 6.07 Å². The van der Waals surface area contributed by atoms with Crippen LogP contribution in [0.3, 0.4) is 0 Å². The molecule has 0 spiro atoms. The molecule has 11 heteroatoms. The summed E-state index contributed by atoms with van der Waals surface area (Å²) in [5.41, 5.74) is -1.34. The van der Waals surface area contributed by atoms with Crippen LogP contribution in [0, 0.1) is 0 Å². The van der Waals surface area contributed by atoms with E-state index in [9.17, 15) is 27.6 Å². The number of ether oxygens (including phenoxy) is 3. The molecule has 2 aromatic rings. The van der Waals surface area contributed by atoms with Crippen LogP contribution in [0.1, 0.15) is 21.5 Å². The molecule has 7 nitrogen and oxygen atoms in total. The second-order valence-electron chi connectivity index (χ2n) is 6.06. The number of benzene rings is 2. The molecular weight excluding hydrogens is 439 g/mol. The molecule has 1 heterocycles. The molecule has 0 bridgehead atoms. The summed E-state index contributed by atoms with van der Waals surface area (Å²) in [7, 11) is 2.32. The van der Waals surface area contributed by atoms with Gasteiger partial charge in [-0.25, -0.2) is 4.79 Å². The monoisotopic (exact) mass is 453 g/mol. The molecule has 162 valence electrons. The van der Waals surface area contributed by atoms with E-state index in [1.165, 1.54) is 37.5 Å². The van der Waals surface area contributed by atoms with E-state index in [-0.39, 0.29) is 22.2 Å². The van der Waals surface area contributed by atoms with Gasteiger partial charge in [0.05, 0.1) is 30.3 Å². The van der Waals surface area contributed by atoms with Gasteiger partial charge in [0.2, 0.25) is 0 Å². The Morgan fingerprint density at radius 3 is 2.39 bits per heavy atom. The first-order valence-corrected chi connectivity index (χ1v) is 9.34. The van der Waals surface area contributed by atoms with Crippen LogP contribution < -0.4 is 14.8 Å². The highest BCUT2D eigenvalue weighted by Gasteiger charge is 2.36. The molecule has 0 radical (unpaired) electrons. The predicted molar refractivity (Wildman–Crippen MR) is 105 cm³/mol. The highest BCUT2D eigenvalue weighted by Crippen LogP contribution is 2.38. The normalized spacial score (nSPS) is 15.1. The van der Waals surface area contributed by atoms with Crippen molar-refractivity contribution in [3.63, 3.8) is 0 Å². The largest absolute Gasteiger partial charge is 0.493 e. The molecule has 0 aromatic heterocycles. The molecule has 1 fully saturated rings. The first-order valence-electron chi connectivity index (χ1n) is 8.52. The molecule has 31 heavy (non-hydrogen) atoms. The summed E-state index contributed by atoms with van der Waals surface area (Å²) in [6, 6.07) is 7.31. The van der Waals surface area contributed by atoms with Crippen LogP contribution in [-0.4, -0.2) is 31.3 Å². The minimum Gasteiger partial charge on any atom is -0.493 e. The zero-order valence-electron chi connectivity index (χ0n) is 16.0. The standard InChI is InChI=1S/C20H14F3NO6S/c1-28-15-7-10(8-16-17(25)24-19(27)31-16)3-6-14(15)30-11-4-5-12(18(26)29-2)13(9-11)20(21,22)23/h3-9H,1-2H3,(H,24,25,27)/b16-8+. The van der Waals surface area contributed by atoms with E-state index >= 15 is 0 Å². The summed E-state index contributed by atoms with van der Waals surface area (Å²) >= 11 is 0.743. The molecule has 0 saturated carbocycles. The lowest BCUT2D eigenvalue weighted by Crippen LogP contribution is -2.17. The van der Waals surface area contributed by atoms with Crippen molar-refractivity contribution in [2.24, 2.45) is 0 Å². The van der Waals surface area contributed by atoms with Crippen molar-refractivity contribution in [1.82, 2.24) is 5.32 Å². The predicted octanol–water partition coefficient (Wildman–Crippen LogP) is 4.62. The lowest BCUT2D eigenvalue weighted by Gasteiger charge is -2.15. The average Bonchev–Trinajstić information content (AvgIpc) is 3.04. The summed E-state index contributed by atoms with van der Waals surface area (Å²) in [5, 5.41) is 1.64. The maximum absolute atomic E-state index is 13.4. The number of nitrogens with one attached hydrogen (secondary N) is 1. The van der Waals surface area contributed by atoms with Gasteiger partial charge >= 0.3 is 12.1 Å². The Morgan fingerprint density at radius 2 is 1.81 bits per heavy atom. The van der Waals surface area contributed by atoms with Gasteiger partial charge in [0.1, 0.15) is 5.75 Å². The second-order valence-corrected chi connectivity index (χ2v) is 7.08. The minimum absolute atomic E-state index is 0.100. The Morgan fingerprint density at radius 1 is 1.06 bits per heavy atom. The number of amides is 2. The number of carbonyl (C=O) groups excluding carboxylic acids is 3. The number of imide groups is 1. The third-order valence-corrected chi connectivity index (χ3v) is 4.87. The SMILES string of the molecule is COC(=O)c1ccc(Oc2ccc(/C=C3/SC(=O)NC3=O)cc2OC)cc1C(F)(F)F. The fraction of sp³-hybridized carbons (Fsp3) is 0.150. The molecule has 2 aromatic carbocycles. The molecule has 0 unspecified atom stereocenters. The van der Waals surface area contributed by atoms with Crippen LogP contribution in [-0.2, 0) is 15.7 Å². The lowest BCUT2D eigenvalue weighted by atomic mass is 10.1. The van der Waals surface area contributed by atoms with E-state index in [2.05, 4.69) is 10.1 Å². The number of alkyl halides is 3. The molecule has 1 N–H and O–H groups in total. The number of rotatable bonds is 5. The van der Waals surface area contributed by atoms with Crippen LogP contribution >= 0.6 is 11.8 Å². The summed E-state index contributed by atoms with van der Waals surface area (Å²) < 4.78 is 55.2. The Bertz CT molecular complexity index is 1100. The molecule has 1 aliphatic rings. The fourth-order valence-corrected chi connectivity index (χ4v) is 3.35. The van der Waals surface area contributed by atoms with Gasteiger partial charge in [-0.2, -0.15) is 13.2 Å². The molecule has 3 rings (SSSR count). The first-order chi connectivity index (χ1) is 14.6. The molecule has 0 aliphatic carbocycles. The van der Waals surface area contributed by atoms with E-state index in [4.69, 9.17) is 9.47 Å². The number of halogens is 3. The third kappa shape index (κ3) is 5.00. The van der Waals surface area contributed by atoms with Gasteiger partial charge in [0.25, 0.3) is 11.1 Å². The smallest absolute Gasteiger partial charge is 0.417 e. The molecule has 1 saturated heterocycles. The fourth-order valence-electron chi connectivity index (χ4n) is 2.67.